The molecule has 0 aliphatic heterocycles. The third-order valence-electron chi connectivity index (χ3n) is 4.24. The van der Waals surface area contributed by atoms with Gasteiger partial charge >= 0.3 is 0 Å². The standard InChI is InChI=1S/C23H21ClN2O4/c1-3-30-19-11-9-18(10-12-19)25-22(27)15-4-7-17(8-5-15)26-23(28)20-13-6-16(24)14-21(20)29-2/h4-14H,3H2,1-2H3,(H,25,27)(H,26,28). The van der Waals surface area contributed by atoms with Gasteiger partial charge < -0.3 is 20.1 Å². The van der Waals surface area contributed by atoms with Gasteiger partial charge in [0.05, 0.1) is 19.3 Å². The van der Waals surface area contributed by atoms with Gasteiger partial charge in [-0.25, -0.2) is 0 Å². The lowest BCUT2D eigenvalue weighted by Crippen LogP contribution is -2.14. The number of nitrogens with one attached hydrogen (secondary N) is 2. The summed E-state index contributed by atoms with van der Waals surface area (Å²) in [6, 6.07) is 18.5. The van der Waals surface area contributed by atoms with E-state index in [4.69, 9.17) is 21.1 Å². The Morgan fingerprint density at radius 3 is 2.07 bits per heavy atom. The van der Waals surface area contributed by atoms with Crippen molar-refractivity contribution < 1.29 is 19.1 Å². The molecular weight excluding hydrogens is 404 g/mol. The van der Waals surface area contributed by atoms with Gasteiger partial charge in [0.15, 0.2) is 0 Å². The second-order valence-corrected chi connectivity index (χ2v) is 6.72. The van der Waals surface area contributed by atoms with Crippen LogP contribution in [-0.2, 0) is 0 Å². The summed E-state index contributed by atoms with van der Waals surface area (Å²) in [7, 11) is 1.47. The second kappa shape index (κ2) is 9.80. The van der Waals surface area contributed by atoms with E-state index < -0.39 is 0 Å². The highest BCUT2D eigenvalue weighted by Crippen LogP contribution is 2.24. The van der Waals surface area contributed by atoms with Crippen LogP contribution in [0.15, 0.2) is 66.7 Å². The van der Waals surface area contributed by atoms with Crippen molar-refractivity contribution in [2.75, 3.05) is 24.4 Å². The first kappa shape index (κ1) is 21.2. The van der Waals surface area contributed by atoms with Crippen LogP contribution in [0.25, 0.3) is 0 Å². The highest BCUT2D eigenvalue weighted by atomic mass is 35.5. The smallest absolute Gasteiger partial charge is 0.259 e. The van der Waals surface area contributed by atoms with Crippen LogP contribution in [0.2, 0.25) is 5.02 Å². The Bertz CT molecular complexity index is 1030. The fourth-order valence-electron chi connectivity index (χ4n) is 2.76. The molecule has 0 aromatic heterocycles. The minimum atomic E-state index is -0.338. The highest BCUT2D eigenvalue weighted by Gasteiger charge is 2.13. The van der Waals surface area contributed by atoms with Crippen molar-refractivity contribution in [2.45, 2.75) is 6.92 Å². The number of anilines is 2. The number of methoxy groups -OCH3 is 1. The number of carbonyl (C=O) groups excluding carboxylic acids is 2. The average molecular weight is 425 g/mol. The Morgan fingerprint density at radius 2 is 1.47 bits per heavy atom. The number of halogens is 1. The van der Waals surface area contributed by atoms with E-state index in [0.717, 1.165) is 5.75 Å². The van der Waals surface area contributed by atoms with Gasteiger partial charge in [0, 0.05) is 22.0 Å². The van der Waals surface area contributed by atoms with Crippen LogP contribution >= 0.6 is 11.6 Å². The molecule has 0 spiro atoms. The van der Waals surface area contributed by atoms with Crippen molar-refractivity contribution in [3.63, 3.8) is 0 Å². The van der Waals surface area contributed by atoms with Crippen LogP contribution in [0.1, 0.15) is 27.6 Å². The highest BCUT2D eigenvalue weighted by molar-refractivity contribution is 6.31. The van der Waals surface area contributed by atoms with Crippen molar-refractivity contribution in [1.29, 1.82) is 0 Å². The molecule has 3 aromatic carbocycles. The molecule has 2 N–H and O–H groups in total. The maximum Gasteiger partial charge on any atom is 0.259 e. The van der Waals surface area contributed by atoms with Crippen LogP contribution in [0.4, 0.5) is 11.4 Å². The Kier molecular flexibility index (Phi) is 6.93. The summed E-state index contributed by atoms with van der Waals surface area (Å²) in [5, 5.41) is 6.08. The van der Waals surface area contributed by atoms with Gasteiger partial charge in [-0.15, -0.1) is 0 Å². The van der Waals surface area contributed by atoms with Crippen molar-refractivity contribution in [1.82, 2.24) is 0 Å². The first-order valence-corrected chi connectivity index (χ1v) is 9.67. The molecule has 154 valence electrons. The second-order valence-electron chi connectivity index (χ2n) is 6.29. The minimum Gasteiger partial charge on any atom is -0.496 e. The molecule has 30 heavy (non-hydrogen) atoms. The zero-order valence-corrected chi connectivity index (χ0v) is 17.3. The number of ether oxygens (including phenoxy) is 2. The predicted molar refractivity (Wildman–Crippen MR) is 118 cm³/mol. The van der Waals surface area contributed by atoms with E-state index in [1.165, 1.54) is 7.11 Å². The maximum atomic E-state index is 12.5. The predicted octanol–water partition coefficient (Wildman–Crippen LogP) is 5.25. The molecule has 2 amide bonds. The fourth-order valence-corrected chi connectivity index (χ4v) is 2.92. The molecule has 6 nitrogen and oxygen atoms in total. The molecule has 0 aliphatic carbocycles. The lowest BCUT2D eigenvalue weighted by Gasteiger charge is -2.10. The number of amides is 2. The number of benzene rings is 3. The van der Waals surface area contributed by atoms with Crippen LogP contribution < -0.4 is 20.1 Å². The van der Waals surface area contributed by atoms with E-state index in [-0.39, 0.29) is 11.8 Å². The molecule has 0 fully saturated rings. The van der Waals surface area contributed by atoms with Gasteiger partial charge in [-0.2, -0.15) is 0 Å². The Balaban J connectivity index is 1.64. The van der Waals surface area contributed by atoms with Gasteiger partial charge in [0.1, 0.15) is 11.5 Å². The minimum absolute atomic E-state index is 0.253. The Labute approximate surface area is 179 Å². The first-order valence-electron chi connectivity index (χ1n) is 9.29. The molecule has 0 bridgehead atoms. The molecule has 7 heteroatoms. The van der Waals surface area contributed by atoms with E-state index in [1.54, 1.807) is 66.7 Å². The lowest BCUT2D eigenvalue weighted by molar-refractivity contribution is 0.101. The van der Waals surface area contributed by atoms with Crippen molar-refractivity contribution in [3.8, 4) is 11.5 Å². The van der Waals surface area contributed by atoms with Crippen LogP contribution in [0.3, 0.4) is 0 Å². The molecule has 0 unspecified atom stereocenters. The number of rotatable bonds is 7. The first-order chi connectivity index (χ1) is 14.5. The summed E-state index contributed by atoms with van der Waals surface area (Å²) >= 11 is 5.93. The summed E-state index contributed by atoms with van der Waals surface area (Å²) in [5.74, 6) is 0.533. The number of hydrogen-bond donors (Lipinski definition) is 2. The maximum absolute atomic E-state index is 12.5. The molecular formula is C23H21ClN2O4. The van der Waals surface area contributed by atoms with E-state index >= 15 is 0 Å². The summed E-state index contributed by atoms with van der Waals surface area (Å²) in [6.07, 6.45) is 0. The van der Waals surface area contributed by atoms with Gasteiger partial charge in [0.25, 0.3) is 11.8 Å². The van der Waals surface area contributed by atoms with Gasteiger partial charge in [-0.05, 0) is 73.7 Å². The van der Waals surface area contributed by atoms with Crippen LogP contribution in [0, 0.1) is 0 Å². The molecule has 0 saturated carbocycles. The molecule has 0 saturated heterocycles. The normalized spacial score (nSPS) is 10.2. The SMILES string of the molecule is CCOc1ccc(NC(=O)c2ccc(NC(=O)c3ccc(Cl)cc3OC)cc2)cc1. The largest absolute Gasteiger partial charge is 0.496 e. The van der Waals surface area contributed by atoms with E-state index in [0.29, 0.717) is 39.9 Å². The van der Waals surface area contributed by atoms with Crippen LogP contribution in [0.5, 0.6) is 11.5 Å². The average Bonchev–Trinajstić information content (AvgIpc) is 2.75. The summed E-state index contributed by atoms with van der Waals surface area (Å²) in [4.78, 5) is 25.0. The van der Waals surface area contributed by atoms with E-state index in [9.17, 15) is 9.59 Å². The van der Waals surface area contributed by atoms with Crippen LogP contribution in [-0.4, -0.2) is 25.5 Å². The third-order valence-corrected chi connectivity index (χ3v) is 4.47. The van der Waals surface area contributed by atoms with Crippen molar-refractivity contribution in [3.05, 3.63) is 82.9 Å². The summed E-state index contributed by atoms with van der Waals surface area (Å²) < 4.78 is 10.6. The van der Waals surface area contributed by atoms with E-state index in [2.05, 4.69) is 10.6 Å². The Morgan fingerprint density at radius 1 is 0.867 bits per heavy atom. The van der Waals surface area contributed by atoms with Crippen molar-refractivity contribution >= 4 is 34.8 Å². The zero-order valence-electron chi connectivity index (χ0n) is 16.6. The van der Waals surface area contributed by atoms with E-state index in [1.807, 2.05) is 6.92 Å². The third kappa shape index (κ3) is 5.30. The summed E-state index contributed by atoms with van der Waals surface area (Å²) in [6.45, 7) is 2.49. The van der Waals surface area contributed by atoms with Gasteiger partial charge in [-0.3, -0.25) is 9.59 Å². The lowest BCUT2D eigenvalue weighted by atomic mass is 10.1. The monoisotopic (exact) mass is 424 g/mol. The molecule has 3 rings (SSSR count). The molecule has 0 radical (unpaired) electrons. The molecule has 3 aromatic rings. The molecule has 0 aliphatic rings. The molecule has 0 atom stereocenters. The molecule has 0 heterocycles. The number of hydrogen-bond acceptors (Lipinski definition) is 4. The topological polar surface area (TPSA) is 76.7 Å². The fraction of sp³-hybridized carbons (Fsp3) is 0.130. The zero-order chi connectivity index (χ0) is 21.5. The summed E-state index contributed by atoms with van der Waals surface area (Å²) in [5.41, 5.74) is 2.04. The number of carbonyl (C=O) groups is 2. The van der Waals surface area contributed by atoms with Gasteiger partial charge in [0.2, 0.25) is 0 Å². The Hall–Kier alpha value is -3.51. The quantitative estimate of drug-likeness (QED) is 0.543. The van der Waals surface area contributed by atoms with Gasteiger partial charge in [-0.1, -0.05) is 11.6 Å². The van der Waals surface area contributed by atoms with Crippen molar-refractivity contribution in [2.24, 2.45) is 0 Å².